The van der Waals surface area contributed by atoms with Crippen molar-refractivity contribution >= 4 is 23.2 Å². The Hall–Kier alpha value is -2.41. The van der Waals surface area contributed by atoms with E-state index in [0.29, 0.717) is 17.2 Å². The van der Waals surface area contributed by atoms with Crippen molar-refractivity contribution in [1.82, 2.24) is 10.2 Å². The summed E-state index contributed by atoms with van der Waals surface area (Å²) >= 11 is 1.38. The summed E-state index contributed by atoms with van der Waals surface area (Å²) in [7, 11) is 1.64. The minimum atomic E-state index is -0.327. The smallest absolute Gasteiger partial charge is 0.261 e. The molecule has 5 nitrogen and oxygen atoms in total. The molecular formula is C17H19FN2O3S. The van der Waals surface area contributed by atoms with E-state index in [1.807, 2.05) is 13.0 Å². The first-order valence-corrected chi connectivity index (χ1v) is 8.24. The summed E-state index contributed by atoms with van der Waals surface area (Å²) in [5.41, 5.74) is 0. The van der Waals surface area contributed by atoms with Gasteiger partial charge < -0.3 is 15.0 Å². The number of ether oxygens (including phenoxy) is 1. The first kappa shape index (κ1) is 17.9. The molecule has 1 heterocycles. The van der Waals surface area contributed by atoms with E-state index in [0.717, 1.165) is 4.88 Å². The first-order chi connectivity index (χ1) is 11.5. The summed E-state index contributed by atoms with van der Waals surface area (Å²) in [4.78, 5) is 27.0. The fraction of sp³-hybridized carbons (Fsp3) is 0.294. The van der Waals surface area contributed by atoms with Gasteiger partial charge in [-0.3, -0.25) is 9.59 Å². The van der Waals surface area contributed by atoms with Crippen molar-refractivity contribution in [3.63, 3.8) is 0 Å². The highest BCUT2D eigenvalue weighted by Gasteiger charge is 2.12. The van der Waals surface area contributed by atoms with Gasteiger partial charge in [-0.25, -0.2) is 4.39 Å². The van der Waals surface area contributed by atoms with Crippen LogP contribution in [0.2, 0.25) is 0 Å². The van der Waals surface area contributed by atoms with Gasteiger partial charge in [0.2, 0.25) is 5.91 Å². The summed E-state index contributed by atoms with van der Waals surface area (Å²) in [6, 6.07) is 9.28. The molecular weight excluding hydrogens is 331 g/mol. The van der Waals surface area contributed by atoms with E-state index in [1.54, 1.807) is 13.1 Å². The first-order valence-electron chi connectivity index (χ1n) is 7.42. The average Bonchev–Trinajstić information content (AvgIpc) is 3.00. The van der Waals surface area contributed by atoms with Crippen LogP contribution in [0.25, 0.3) is 0 Å². The lowest BCUT2D eigenvalue weighted by molar-refractivity contribution is -0.129. The Morgan fingerprint density at radius 3 is 2.54 bits per heavy atom. The SMILES string of the molecule is Cc1ccc(C(=O)NCC(=O)N(C)CCOc2ccc(F)cc2)s1. The van der Waals surface area contributed by atoms with Crippen molar-refractivity contribution in [3.05, 3.63) is 52.0 Å². The topological polar surface area (TPSA) is 58.6 Å². The zero-order chi connectivity index (χ0) is 17.5. The summed E-state index contributed by atoms with van der Waals surface area (Å²) in [5.74, 6) is -0.248. The maximum atomic E-state index is 12.8. The molecule has 0 fully saturated rings. The van der Waals surface area contributed by atoms with Gasteiger partial charge in [0.25, 0.3) is 5.91 Å². The molecule has 1 aromatic carbocycles. The third-order valence-electron chi connectivity index (χ3n) is 3.30. The zero-order valence-corrected chi connectivity index (χ0v) is 14.4. The molecule has 0 saturated carbocycles. The van der Waals surface area contributed by atoms with Gasteiger partial charge in [-0.05, 0) is 43.3 Å². The van der Waals surface area contributed by atoms with Crippen molar-refractivity contribution in [1.29, 1.82) is 0 Å². The molecule has 1 aromatic heterocycles. The Labute approximate surface area is 144 Å². The van der Waals surface area contributed by atoms with Crippen molar-refractivity contribution < 1.29 is 18.7 Å². The monoisotopic (exact) mass is 350 g/mol. The van der Waals surface area contributed by atoms with Crippen LogP contribution in [0.4, 0.5) is 4.39 Å². The van der Waals surface area contributed by atoms with Crippen LogP contribution < -0.4 is 10.1 Å². The number of thiophene rings is 1. The molecule has 0 aliphatic rings. The number of nitrogens with zero attached hydrogens (tertiary/aromatic N) is 1. The molecule has 0 atom stereocenters. The zero-order valence-electron chi connectivity index (χ0n) is 13.5. The number of carbonyl (C=O) groups excluding carboxylic acids is 2. The van der Waals surface area contributed by atoms with Gasteiger partial charge in [-0.2, -0.15) is 0 Å². The predicted molar refractivity (Wildman–Crippen MR) is 90.9 cm³/mol. The highest BCUT2D eigenvalue weighted by atomic mass is 32.1. The molecule has 0 unspecified atom stereocenters. The molecule has 128 valence electrons. The van der Waals surface area contributed by atoms with Crippen LogP contribution >= 0.6 is 11.3 Å². The molecule has 1 N–H and O–H groups in total. The molecule has 7 heteroatoms. The van der Waals surface area contributed by atoms with E-state index in [1.165, 1.54) is 40.5 Å². The third-order valence-corrected chi connectivity index (χ3v) is 4.30. The molecule has 0 radical (unpaired) electrons. The van der Waals surface area contributed by atoms with Crippen LogP contribution in [0.15, 0.2) is 36.4 Å². The summed E-state index contributed by atoms with van der Waals surface area (Å²) < 4.78 is 18.2. The van der Waals surface area contributed by atoms with Gasteiger partial charge in [0.1, 0.15) is 18.2 Å². The molecule has 0 aliphatic heterocycles. The second-order valence-electron chi connectivity index (χ2n) is 5.21. The number of carbonyl (C=O) groups is 2. The van der Waals surface area contributed by atoms with Gasteiger partial charge in [-0.15, -0.1) is 11.3 Å². The highest BCUT2D eigenvalue weighted by molar-refractivity contribution is 7.13. The van der Waals surface area contributed by atoms with Crippen LogP contribution in [0, 0.1) is 12.7 Å². The lowest BCUT2D eigenvalue weighted by atomic mass is 10.3. The van der Waals surface area contributed by atoms with Crippen LogP contribution in [0.1, 0.15) is 14.5 Å². The van der Waals surface area contributed by atoms with Crippen molar-refractivity contribution in [2.75, 3.05) is 26.7 Å². The number of aryl methyl sites for hydroxylation is 1. The van der Waals surface area contributed by atoms with Gasteiger partial charge in [0, 0.05) is 11.9 Å². The molecule has 2 aromatic rings. The van der Waals surface area contributed by atoms with Crippen LogP contribution in [-0.2, 0) is 4.79 Å². The maximum Gasteiger partial charge on any atom is 0.261 e. The lowest BCUT2D eigenvalue weighted by Crippen LogP contribution is -2.39. The van der Waals surface area contributed by atoms with Gasteiger partial charge in [-0.1, -0.05) is 0 Å². The number of hydrogen-bond donors (Lipinski definition) is 1. The number of amides is 2. The number of rotatable bonds is 7. The second kappa shape index (κ2) is 8.44. The predicted octanol–water partition coefficient (Wildman–Crippen LogP) is 2.46. The molecule has 0 saturated heterocycles. The molecule has 2 amide bonds. The van der Waals surface area contributed by atoms with Crippen LogP contribution in [0.5, 0.6) is 5.75 Å². The second-order valence-corrected chi connectivity index (χ2v) is 6.50. The quantitative estimate of drug-likeness (QED) is 0.834. The fourth-order valence-electron chi connectivity index (χ4n) is 1.89. The van der Waals surface area contributed by atoms with Crippen molar-refractivity contribution in [2.45, 2.75) is 6.92 Å². The highest BCUT2D eigenvalue weighted by Crippen LogP contribution is 2.14. The van der Waals surface area contributed by atoms with E-state index in [2.05, 4.69) is 5.32 Å². The maximum absolute atomic E-state index is 12.8. The number of halogens is 1. The number of likely N-dealkylation sites (N-methyl/N-ethyl adjacent to an activating group) is 1. The van der Waals surface area contributed by atoms with Gasteiger partial charge in [0.15, 0.2) is 0 Å². The summed E-state index contributed by atoms with van der Waals surface area (Å²) in [5, 5.41) is 2.61. The van der Waals surface area contributed by atoms with Crippen LogP contribution in [-0.4, -0.2) is 43.5 Å². The molecule has 0 spiro atoms. The Balaban J connectivity index is 1.70. The van der Waals surface area contributed by atoms with Crippen molar-refractivity contribution in [2.24, 2.45) is 0 Å². The van der Waals surface area contributed by atoms with E-state index in [4.69, 9.17) is 4.74 Å². The Bertz CT molecular complexity index is 700. The molecule has 0 bridgehead atoms. The van der Waals surface area contributed by atoms with E-state index >= 15 is 0 Å². The number of nitrogens with one attached hydrogen (secondary N) is 1. The van der Waals surface area contributed by atoms with Crippen LogP contribution in [0.3, 0.4) is 0 Å². The normalized spacial score (nSPS) is 10.3. The summed E-state index contributed by atoms with van der Waals surface area (Å²) in [6.45, 7) is 2.50. The average molecular weight is 350 g/mol. The van der Waals surface area contributed by atoms with E-state index in [-0.39, 0.29) is 30.8 Å². The Kier molecular flexibility index (Phi) is 6.31. The Morgan fingerprint density at radius 1 is 1.21 bits per heavy atom. The molecule has 0 aliphatic carbocycles. The fourth-order valence-corrected chi connectivity index (χ4v) is 2.67. The van der Waals surface area contributed by atoms with Gasteiger partial charge in [0.05, 0.1) is 18.0 Å². The minimum absolute atomic E-state index is 0.0666. The molecule has 24 heavy (non-hydrogen) atoms. The van der Waals surface area contributed by atoms with Gasteiger partial charge >= 0.3 is 0 Å². The number of hydrogen-bond acceptors (Lipinski definition) is 4. The Morgan fingerprint density at radius 2 is 1.92 bits per heavy atom. The third kappa shape index (κ3) is 5.34. The lowest BCUT2D eigenvalue weighted by Gasteiger charge is -2.17. The standard InChI is InChI=1S/C17H19FN2O3S/c1-12-3-8-15(24-12)17(22)19-11-16(21)20(2)9-10-23-14-6-4-13(18)5-7-14/h3-8H,9-11H2,1-2H3,(H,19,22). The number of benzene rings is 1. The largest absolute Gasteiger partial charge is 0.492 e. The minimum Gasteiger partial charge on any atom is -0.492 e. The molecule has 2 rings (SSSR count). The van der Waals surface area contributed by atoms with Crippen molar-refractivity contribution in [3.8, 4) is 5.75 Å². The van der Waals surface area contributed by atoms with E-state index in [9.17, 15) is 14.0 Å². The summed E-state index contributed by atoms with van der Waals surface area (Å²) in [6.07, 6.45) is 0. The van der Waals surface area contributed by atoms with E-state index < -0.39 is 0 Å².